The number of alkyl halides is 2. The molecule has 2 N–H and O–H groups in total. The van der Waals surface area contributed by atoms with Crippen LogP contribution >= 0.6 is 11.6 Å². The van der Waals surface area contributed by atoms with E-state index in [4.69, 9.17) is 11.6 Å². The Bertz CT molecular complexity index is 1630. The van der Waals surface area contributed by atoms with Gasteiger partial charge in [0.05, 0.1) is 24.8 Å². The van der Waals surface area contributed by atoms with Gasteiger partial charge in [0.2, 0.25) is 5.91 Å². The van der Waals surface area contributed by atoms with Crippen molar-refractivity contribution in [3.05, 3.63) is 88.8 Å². The Morgan fingerprint density at radius 3 is 2.59 bits per heavy atom. The van der Waals surface area contributed by atoms with Crippen LogP contribution in [-0.2, 0) is 9.59 Å². The van der Waals surface area contributed by atoms with Gasteiger partial charge in [-0.25, -0.2) is 22.9 Å². The van der Waals surface area contributed by atoms with Gasteiger partial charge < -0.3 is 15.3 Å². The molecule has 1 aliphatic heterocycles. The largest absolute Gasteiger partial charge is 0.395 e. The number of aromatic nitrogens is 1. The number of carbonyl (C=O) groups excluding carboxylic acids is 3. The molecule has 0 spiro atoms. The van der Waals surface area contributed by atoms with Crippen molar-refractivity contribution in [3.63, 3.8) is 0 Å². The van der Waals surface area contributed by atoms with Gasteiger partial charge in [-0.05, 0) is 36.4 Å². The number of rotatable bonds is 9. The van der Waals surface area contributed by atoms with Crippen molar-refractivity contribution in [3.8, 4) is 6.07 Å². The lowest BCUT2D eigenvalue weighted by Crippen LogP contribution is -2.56. The highest BCUT2D eigenvalue weighted by molar-refractivity contribution is 6.31. The zero-order chi connectivity index (χ0) is 31.6. The van der Waals surface area contributed by atoms with Crippen LogP contribution in [0.15, 0.2) is 66.9 Å². The first-order chi connectivity index (χ1) is 21.0. The summed E-state index contributed by atoms with van der Waals surface area (Å²) in [7, 11) is 0. The normalized spacial score (nSPS) is 18.4. The standard InChI is InChI=1S/C30H26ClF3N6O4/c31-23-7-2-1-6-22(23)26(27(42)37-20-14-30(33,34)15-20)39(21-5-3-4-19(32)13-21)28(43)24-17-38(10-11-41)29(44)40(24)25-12-18(16-35)8-9-36-25/h1-9,12-13,20,24,26,41H,10-11,14-15,17H2,(H,37,42)/t24-,26?/m0/s1. The highest BCUT2D eigenvalue weighted by Crippen LogP contribution is 2.39. The van der Waals surface area contributed by atoms with Crippen molar-refractivity contribution in [2.45, 2.75) is 36.9 Å². The predicted octanol–water partition coefficient (Wildman–Crippen LogP) is 4.04. The van der Waals surface area contributed by atoms with Crippen LogP contribution in [-0.4, -0.2) is 70.5 Å². The summed E-state index contributed by atoms with van der Waals surface area (Å²) in [5.74, 6) is -5.41. The quantitative estimate of drug-likeness (QED) is 0.369. The van der Waals surface area contributed by atoms with E-state index in [-0.39, 0.29) is 40.7 Å². The number of hydrogen-bond donors (Lipinski definition) is 2. The molecule has 1 saturated carbocycles. The number of pyridine rings is 1. The summed E-state index contributed by atoms with van der Waals surface area (Å²) in [6.07, 6.45) is 0.101. The van der Waals surface area contributed by atoms with Crippen LogP contribution in [0.5, 0.6) is 0 Å². The maximum absolute atomic E-state index is 14.7. The Morgan fingerprint density at radius 2 is 1.93 bits per heavy atom. The number of hydrogen-bond acceptors (Lipinski definition) is 6. The number of nitrogens with one attached hydrogen (secondary N) is 1. The fourth-order valence-electron chi connectivity index (χ4n) is 5.36. The van der Waals surface area contributed by atoms with Gasteiger partial charge in [0.15, 0.2) is 0 Å². The number of nitrogens with zero attached hydrogens (tertiary/aromatic N) is 5. The van der Waals surface area contributed by atoms with E-state index in [1.54, 1.807) is 12.1 Å². The van der Waals surface area contributed by atoms with Crippen LogP contribution in [0.25, 0.3) is 0 Å². The summed E-state index contributed by atoms with van der Waals surface area (Å²) in [6.45, 7) is -0.813. The number of halogens is 4. The molecule has 2 aromatic carbocycles. The Morgan fingerprint density at radius 1 is 1.18 bits per heavy atom. The number of aliphatic hydroxyl groups is 1. The molecule has 2 atom stereocenters. The summed E-state index contributed by atoms with van der Waals surface area (Å²) in [4.78, 5) is 49.5. The molecule has 2 aliphatic rings. The number of β-amino-alcohol motifs (C(OH)–C–C–N with tert-alkyl or cyclic N) is 1. The third-order valence-electron chi connectivity index (χ3n) is 7.42. The summed E-state index contributed by atoms with van der Waals surface area (Å²) in [5.41, 5.74) is 0.214. The van der Waals surface area contributed by atoms with E-state index in [2.05, 4.69) is 10.3 Å². The molecule has 1 aliphatic carbocycles. The van der Waals surface area contributed by atoms with Crippen LogP contribution in [0.2, 0.25) is 5.02 Å². The molecule has 4 amide bonds. The van der Waals surface area contributed by atoms with E-state index >= 15 is 0 Å². The molecule has 2 fully saturated rings. The van der Waals surface area contributed by atoms with Crippen LogP contribution in [0.4, 0.5) is 29.5 Å². The summed E-state index contributed by atoms with van der Waals surface area (Å²) in [6, 6.07) is 11.1. The smallest absolute Gasteiger partial charge is 0.326 e. The van der Waals surface area contributed by atoms with Gasteiger partial charge in [-0.2, -0.15) is 5.26 Å². The number of urea groups is 1. The highest BCUT2D eigenvalue weighted by Gasteiger charge is 2.50. The fourth-order valence-corrected chi connectivity index (χ4v) is 5.59. The minimum atomic E-state index is -2.94. The molecule has 0 radical (unpaired) electrons. The number of anilines is 2. The second-order valence-corrected chi connectivity index (χ2v) is 10.8. The van der Waals surface area contributed by atoms with E-state index in [0.29, 0.717) is 0 Å². The predicted molar refractivity (Wildman–Crippen MR) is 153 cm³/mol. The van der Waals surface area contributed by atoms with Gasteiger partial charge in [0.25, 0.3) is 11.8 Å². The van der Waals surface area contributed by atoms with Crippen molar-refractivity contribution < 1.29 is 32.7 Å². The molecule has 14 heteroatoms. The second-order valence-electron chi connectivity index (χ2n) is 10.4. The van der Waals surface area contributed by atoms with Gasteiger partial charge in [-0.3, -0.25) is 19.4 Å². The number of carbonyl (C=O) groups is 3. The van der Waals surface area contributed by atoms with E-state index in [1.807, 2.05) is 6.07 Å². The van der Waals surface area contributed by atoms with Gasteiger partial charge >= 0.3 is 6.03 Å². The molecule has 1 saturated heterocycles. The third kappa shape index (κ3) is 6.17. The molecular weight excluding hydrogens is 601 g/mol. The average molecular weight is 627 g/mol. The van der Waals surface area contributed by atoms with Crippen molar-refractivity contribution in [1.29, 1.82) is 5.26 Å². The van der Waals surface area contributed by atoms with Gasteiger partial charge in [0.1, 0.15) is 23.7 Å². The van der Waals surface area contributed by atoms with Crippen LogP contribution < -0.4 is 15.1 Å². The van der Waals surface area contributed by atoms with Crippen molar-refractivity contribution in [1.82, 2.24) is 15.2 Å². The lowest BCUT2D eigenvalue weighted by atomic mass is 9.87. The molecule has 10 nitrogen and oxygen atoms in total. The van der Waals surface area contributed by atoms with Crippen LogP contribution in [0.1, 0.15) is 30.0 Å². The Balaban J connectivity index is 1.64. The molecule has 0 bridgehead atoms. The topological polar surface area (TPSA) is 130 Å². The average Bonchev–Trinajstić information content (AvgIpc) is 3.31. The summed E-state index contributed by atoms with van der Waals surface area (Å²) >= 11 is 6.51. The first-order valence-electron chi connectivity index (χ1n) is 13.6. The Labute approximate surface area is 255 Å². The van der Waals surface area contributed by atoms with E-state index in [0.717, 1.165) is 21.9 Å². The zero-order valence-corrected chi connectivity index (χ0v) is 23.8. The van der Waals surface area contributed by atoms with Crippen LogP contribution in [0, 0.1) is 17.1 Å². The van der Waals surface area contributed by atoms with E-state index in [1.165, 1.54) is 47.5 Å². The number of nitriles is 1. The molecule has 228 valence electrons. The Hall–Kier alpha value is -4.67. The molecule has 1 unspecified atom stereocenters. The van der Waals surface area contributed by atoms with Crippen molar-refractivity contribution in [2.75, 3.05) is 29.5 Å². The first kappa shape index (κ1) is 30.8. The lowest BCUT2D eigenvalue weighted by Gasteiger charge is -2.39. The number of aliphatic hydroxyl groups excluding tert-OH is 1. The second kappa shape index (κ2) is 12.5. The molecular formula is C30H26ClF3N6O4. The fraction of sp³-hybridized carbons (Fsp3) is 0.300. The number of amides is 4. The lowest BCUT2D eigenvalue weighted by molar-refractivity contribution is -0.133. The molecule has 3 aromatic rings. The van der Waals surface area contributed by atoms with Crippen LogP contribution in [0.3, 0.4) is 0 Å². The first-order valence-corrected chi connectivity index (χ1v) is 14.0. The minimum absolute atomic E-state index is 0.0394. The van der Waals surface area contributed by atoms with Crippen molar-refractivity contribution >= 4 is 41.0 Å². The van der Waals surface area contributed by atoms with Gasteiger partial charge in [-0.15, -0.1) is 0 Å². The zero-order valence-electron chi connectivity index (χ0n) is 23.0. The molecule has 2 heterocycles. The van der Waals surface area contributed by atoms with E-state index in [9.17, 15) is 37.9 Å². The number of benzene rings is 2. The molecule has 1 aromatic heterocycles. The maximum atomic E-state index is 14.7. The summed E-state index contributed by atoms with van der Waals surface area (Å²) < 4.78 is 41.9. The summed E-state index contributed by atoms with van der Waals surface area (Å²) in [5, 5.41) is 21.6. The molecule has 44 heavy (non-hydrogen) atoms. The maximum Gasteiger partial charge on any atom is 0.326 e. The third-order valence-corrected chi connectivity index (χ3v) is 7.77. The highest BCUT2D eigenvalue weighted by atomic mass is 35.5. The monoisotopic (exact) mass is 626 g/mol. The SMILES string of the molecule is N#Cc1ccnc(N2C(=O)N(CCO)C[C@H]2C(=O)N(c2cccc(F)c2)C(C(=O)NC2CC(F)(F)C2)c2ccccc2Cl)c1. The van der Waals surface area contributed by atoms with Gasteiger partial charge in [-0.1, -0.05) is 35.9 Å². The molecule has 5 rings (SSSR count). The van der Waals surface area contributed by atoms with Gasteiger partial charge in [0, 0.05) is 47.9 Å². The Kier molecular flexibility index (Phi) is 8.75. The minimum Gasteiger partial charge on any atom is -0.395 e. The van der Waals surface area contributed by atoms with Crippen molar-refractivity contribution in [2.24, 2.45) is 0 Å². The van der Waals surface area contributed by atoms with E-state index < -0.39 is 67.2 Å².